The number of carbonyl (C=O) groups excluding carboxylic acids is 1. The summed E-state index contributed by atoms with van der Waals surface area (Å²) in [5, 5.41) is 6.00. The predicted octanol–water partition coefficient (Wildman–Crippen LogP) is 3.69. The van der Waals surface area contributed by atoms with Crippen LogP contribution < -0.4 is 10.6 Å². The number of aryl methyl sites for hydroxylation is 1. The number of thiophene rings is 1. The van der Waals surface area contributed by atoms with E-state index in [4.69, 9.17) is 0 Å². The van der Waals surface area contributed by atoms with Crippen LogP contribution in [0.1, 0.15) is 34.2 Å². The Balaban J connectivity index is 1.54. The van der Waals surface area contributed by atoms with Gasteiger partial charge >= 0.3 is 6.03 Å². The van der Waals surface area contributed by atoms with E-state index < -0.39 is 0 Å². The molecule has 1 unspecified atom stereocenters. The summed E-state index contributed by atoms with van der Waals surface area (Å²) in [6.45, 7) is 5.52. The van der Waals surface area contributed by atoms with Crippen molar-refractivity contribution >= 4 is 17.4 Å². The summed E-state index contributed by atoms with van der Waals surface area (Å²) in [6, 6.07) is 14.8. The number of urea groups is 1. The topological polar surface area (TPSA) is 44.4 Å². The molecular weight excluding hydrogens is 318 g/mol. The van der Waals surface area contributed by atoms with Crippen LogP contribution in [0.3, 0.4) is 0 Å². The second kappa shape index (κ2) is 8.31. The van der Waals surface area contributed by atoms with Gasteiger partial charge in [-0.1, -0.05) is 30.3 Å². The molecule has 5 heteroatoms. The maximum absolute atomic E-state index is 12.1. The minimum absolute atomic E-state index is 0.0961. The molecule has 128 valence electrons. The lowest BCUT2D eigenvalue weighted by molar-refractivity contribution is 0.220. The monoisotopic (exact) mass is 343 g/mol. The van der Waals surface area contributed by atoms with Crippen molar-refractivity contribution in [1.82, 2.24) is 15.5 Å². The van der Waals surface area contributed by atoms with Crippen LogP contribution in [0.5, 0.6) is 0 Å². The molecule has 2 N–H and O–H groups in total. The smallest absolute Gasteiger partial charge is 0.315 e. The van der Waals surface area contributed by atoms with Crippen molar-refractivity contribution in [2.24, 2.45) is 0 Å². The molecule has 1 atom stereocenters. The Morgan fingerprint density at radius 3 is 2.54 bits per heavy atom. The molecule has 1 saturated heterocycles. The highest BCUT2D eigenvalue weighted by molar-refractivity contribution is 7.11. The molecule has 3 rings (SSSR count). The molecule has 0 saturated carbocycles. The zero-order valence-corrected chi connectivity index (χ0v) is 14.9. The zero-order chi connectivity index (χ0) is 16.8. The minimum atomic E-state index is -0.0961. The predicted molar refractivity (Wildman–Crippen MR) is 99.3 cm³/mol. The fourth-order valence-electron chi connectivity index (χ4n) is 3.19. The Bertz CT molecular complexity index is 650. The standard InChI is InChI=1S/C19H25N3OS/c1-15-9-10-17(24-15)13-20-19(23)21-14-18(22-11-5-6-12-22)16-7-3-2-4-8-16/h2-4,7-10,18H,5-6,11-14H2,1H3,(H2,20,21,23). The van der Waals surface area contributed by atoms with E-state index >= 15 is 0 Å². The van der Waals surface area contributed by atoms with E-state index in [9.17, 15) is 4.79 Å². The van der Waals surface area contributed by atoms with Gasteiger partial charge in [-0.25, -0.2) is 4.79 Å². The Morgan fingerprint density at radius 1 is 1.12 bits per heavy atom. The van der Waals surface area contributed by atoms with Crippen LogP contribution in [0, 0.1) is 6.92 Å². The third-order valence-electron chi connectivity index (χ3n) is 4.44. The Labute approximate surface area is 147 Å². The molecule has 0 spiro atoms. The average molecular weight is 343 g/mol. The second-order valence-electron chi connectivity index (χ2n) is 6.25. The van der Waals surface area contributed by atoms with Crippen LogP contribution in [0.15, 0.2) is 42.5 Å². The van der Waals surface area contributed by atoms with Crippen LogP contribution in [-0.4, -0.2) is 30.6 Å². The summed E-state index contributed by atoms with van der Waals surface area (Å²) in [5.74, 6) is 0. The lowest BCUT2D eigenvalue weighted by Crippen LogP contribution is -2.41. The van der Waals surface area contributed by atoms with Crippen molar-refractivity contribution in [3.05, 3.63) is 57.8 Å². The first-order valence-electron chi connectivity index (χ1n) is 8.58. The van der Waals surface area contributed by atoms with E-state index in [2.05, 4.69) is 58.9 Å². The molecule has 4 nitrogen and oxygen atoms in total. The van der Waals surface area contributed by atoms with E-state index in [0.717, 1.165) is 13.1 Å². The van der Waals surface area contributed by atoms with Gasteiger partial charge in [-0.3, -0.25) is 4.90 Å². The number of hydrogen-bond acceptors (Lipinski definition) is 3. The van der Waals surface area contributed by atoms with Crippen LogP contribution >= 0.6 is 11.3 Å². The largest absolute Gasteiger partial charge is 0.336 e. The number of hydrogen-bond donors (Lipinski definition) is 2. The van der Waals surface area contributed by atoms with E-state index in [1.165, 1.54) is 28.2 Å². The maximum Gasteiger partial charge on any atom is 0.315 e. The van der Waals surface area contributed by atoms with Gasteiger partial charge in [0.1, 0.15) is 0 Å². The van der Waals surface area contributed by atoms with Crippen LogP contribution in [-0.2, 0) is 6.54 Å². The van der Waals surface area contributed by atoms with Gasteiger partial charge in [-0.05, 0) is 50.6 Å². The molecule has 1 aromatic carbocycles. The lowest BCUT2D eigenvalue weighted by Gasteiger charge is -2.28. The third kappa shape index (κ3) is 4.58. The number of nitrogens with one attached hydrogen (secondary N) is 2. The summed E-state index contributed by atoms with van der Waals surface area (Å²) in [6.07, 6.45) is 2.49. The molecule has 1 aliphatic rings. The highest BCUT2D eigenvalue weighted by Gasteiger charge is 2.23. The van der Waals surface area contributed by atoms with Gasteiger partial charge < -0.3 is 10.6 Å². The minimum Gasteiger partial charge on any atom is -0.336 e. The molecule has 0 aliphatic carbocycles. The van der Waals surface area contributed by atoms with Crippen LogP contribution in [0.25, 0.3) is 0 Å². The Kier molecular flexibility index (Phi) is 5.88. The van der Waals surface area contributed by atoms with Gasteiger partial charge in [-0.15, -0.1) is 11.3 Å². The summed E-state index contributed by atoms with van der Waals surface area (Å²) in [4.78, 5) is 17.1. The van der Waals surface area contributed by atoms with Crippen molar-refractivity contribution in [3.63, 3.8) is 0 Å². The number of benzene rings is 1. The van der Waals surface area contributed by atoms with Crippen molar-refractivity contribution in [3.8, 4) is 0 Å². The van der Waals surface area contributed by atoms with E-state index in [-0.39, 0.29) is 12.1 Å². The summed E-state index contributed by atoms with van der Waals surface area (Å²) >= 11 is 1.72. The van der Waals surface area contributed by atoms with Gasteiger partial charge in [0.25, 0.3) is 0 Å². The molecule has 0 bridgehead atoms. The number of carbonyl (C=O) groups is 1. The molecule has 2 aromatic rings. The molecule has 2 amide bonds. The van der Waals surface area contributed by atoms with Gasteiger partial charge in [0, 0.05) is 16.3 Å². The van der Waals surface area contributed by atoms with Gasteiger partial charge in [0.05, 0.1) is 12.6 Å². The quantitative estimate of drug-likeness (QED) is 0.840. The number of amides is 2. The highest BCUT2D eigenvalue weighted by atomic mass is 32.1. The first kappa shape index (κ1) is 17.0. The first-order chi connectivity index (χ1) is 11.7. The maximum atomic E-state index is 12.1. The molecule has 0 radical (unpaired) electrons. The first-order valence-corrected chi connectivity index (χ1v) is 9.40. The zero-order valence-electron chi connectivity index (χ0n) is 14.1. The van der Waals surface area contributed by atoms with Gasteiger partial charge in [0.15, 0.2) is 0 Å². The van der Waals surface area contributed by atoms with Crippen molar-refractivity contribution < 1.29 is 4.79 Å². The Hall–Kier alpha value is -1.85. The molecule has 2 heterocycles. The Morgan fingerprint density at radius 2 is 1.88 bits per heavy atom. The molecule has 1 fully saturated rings. The second-order valence-corrected chi connectivity index (χ2v) is 7.62. The van der Waals surface area contributed by atoms with Crippen molar-refractivity contribution in [2.75, 3.05) is 19.6 Å². The SMILES string of the molecule is Cc1ccc(CNC(=O)NCC(c2ccccc2)N2CCCC2)s1. The van der Waals surface area contributed by atoms with E-state index in [1.54, 1.807) is 11.3 Å². The van der Waals surface area contributed by atoms with Gasteiger partial charge in [0.2, 0.25) is 0 Å². The number of likely N-dealkylation sites (tertiary alicyclic amines) is 1. The summed E-state index contributed by atoms with van der Waals surface area (Å²) in [7, 11) is 0. The van der Waals surface area contributed by atoms with Gasteiger partial charge in [-0.2, -0.15) is 0 Å². The lowest BCUT2D eigenvalue weighted by atomic mass is 10.1. The number of rotatable bonds is 6. The van der Waals surface area contributed by atoms with Crippen molar-refractivity contribution in [1.29, 1.82) is 0 Å². The third-order valence-corrected chi connectivity index (χ3v) is 5.44. The molecule has 24 heavy (non-hydrogen) atoms. The normalized spacial score (nSPS) is 16.0. The van der Waals surface area contributed by atoms with Crippen LogP contribution in [0.4, 0.5) is 4.79 Å². The fraction of sp³-hybridized carbons (Fsp3) is 0.421. The molecular formula is C19H25N3OS. The average Bonchev–Trinajstić information content (AvgIpc) is 3.26. The highest BCUT2D eigenvalue weighted by Crippen LogP contribution is 2.24. The molecule has 1 aliphatic heterocycles. The number of nitrogens with zero attached hydrogens (tertiary/aromatic N) is 1. The summed E-state index contributed by atoms with van der Waals surface area (Å²) in [5.41, 5.74) is 1.27. The summed E-state index contributed by atoms with van der Waals surface area (Å²) < 4.78 is 0. The molecule has 1 aromatic heterocycles. The fourth-order valence-corrected chi connectivity index (χ4v) is 4.02. The van der Waals surface area contributed by atoms with E-state index in [1.807, 2.05) is 6.07 Å². The van der Waals surface area contributed by atoms with Crippen LogP contribution in [0.2, 0.25) is 0 Å². The van der Waals surface area contributed by atoms with Crippen molar-refractivity contribution in [2.45, 2.75) is 32.4 Å². The van der Waals surface area contributed by atoms with E-state index in [0.29, 0.717) is 13.1 Å².